The largest absolute Gasteiger partial charge is 0.389 e. The van der Waals surface area contributed by atoms with Crippen LogP contribution in [0.15, 0.2) is 59.5 Å². The molecule has 212 valence electrons. The molecule has 10 heteroatoms. The highest BCUT2D eigenvalue weighted by molar-refractivity contribution is 7.89. The molecular weight excluding hydrogens is 518 g/mol. The molecule has 2 aromatic carbocycles. The van der Waals surface area contributed by atoms with Gasteiger partial charge in [-0.2, -0.15) is 4.31 Å². The number of amides is 1. The fraction of sp³-hybridized carbons (Fsp3) is 0.552. The molecule has 0 spiro atoms. The second-order valence-electron chi connectivity index (χ2n) is 11.0. The molecule has 3 aliphatic heterocycles. The maximum atomic E-state index is 13.6. The number of aliphatic hydroxyl groups is 1. The topological polar surface area (TPSA) is 108 Å². The van der Waals surface area contributed by atoms with E-state index in [1.807, 2.05) is 25.1 Å². The molecule has 0 aromatic heterocycles. The molecule has 1 amide bonds. The maximum Gasteiger partial charge on any atom is 0.243 e. The van der Waals surface area contributed by atoms with Crippen LogP contribution in [-0.2, 0) is 30.8 Å². The lowest BCUT2D eigenvalue weighted by Gasteiger charge is -2.43. The van der Waals surface area contributed by atoms with Crippen LogP contribution in [0.2, 0.25) is 0 Å². The Labute approximate surface area is 231 Å². The molecule has 39 heavy (non-hydrogen) atoms. The van der Waals surface area contributed by atoms with E-state index in [0.717, 1.165) is 31.6 Å². The van der Waals surface area contributed by atoms with Crippen LogP contribution >= 0.6 is 0 Å². The van der Waals surface area contributed by atoms with Gasteiger partial charge in [0.1, 0.15) is 0 Å². The Bertz CT molecular complexity index is 1210. The number of hydrogen-bond acceptors (Lipinski definition) is 7. The summed E-state index contributed by atoms with van der Waals surface area (Å²) in [6.07, 6.45) is 0.459. The summed E-state index contributed by atoms with van der Waals surface area (Å²) in [4.78, 5) is 15.5. The molecule has 0 aliphatic carbocycles. The SMILES string of the molecule is Cc1ccc(S(=O)(=O)N2C[C@@H](O)COC[C@@H]3O[C@@H](CC(=O)N[C@@H]4CCN(Cc5ccccc5)C4)CC[C@H]32)cc1. The number of aryl methyl sites for hydroxylation is 1. The van der Waals surface area contributed by atoms with Crippen molar-refractivity contribution in [3.05, 3.63) is 65.7 Å². The van der Waals surface area contributed by atoms with Crippen molar-refractivity contribution in [3.8, 4) is 0 Å². The van der Waals surface area contributed by atoms with Crippen LogP contribution in [0.4, 0.5) is 0 Å². The van der Waals surface area contributed by atoms with Crippen LogP contribution in [0, 0.1) is 6.92 Å². The van der Waals surface area contributed by atoms with Crippen molar-refractivity contribution < 1.29 is 27.8 Å². The van der Waals surface area contributed by atoms with Crippen molar-refractivity contribution in [1.82, 2.24) is 14.5 Å². The third-order valence-corrected chi connectivity index (χ3v) is 9.77. The third kappa shape index (κ3) is 7.06. The summed E-state index contributed by atoms with van der Waals surface area (Å²) in [6.45, 7) is 4.67. The molecule has 5 atom stereocenters. The van der Waals surface area contributed by atoms with Gasteiger partial charge < -0.3 is 19.9 Å². The highest BCUT2D eigenvalue weighted by Gasteiger charge is 2.43. The van der Waals surface area contributed by atoms with Crippen LogP contribution in [0.3, 0.4) is 0 Å². The molecule has 0 bridgehead atoms. The van der Waals surface area contributed by atoms with E-state index in [4.69, 9.17) is 9.47 Å². The van der Waals surface area contributed by atoms with Crippen LogP contribution < -0.4 is 5.32 Å². The number of likely N-dealkylation sites (tertiary alicyclic amines) is 1. The molecule has 3 heterocycles. The molecule has 3 aliphatic rings. The number of fused-ring (bicyclic) bond motifs is 1. The number of hydrogen-bond donors (Lipinski definition) is 2. The zero-order valence-corrected chi connectivity index (χ0v) is 23.3. The average Bonchev–Trinajstić information content (AvgIpc) is 3.33. The lowest BCUT2D eigenvalue weighted by Crippen LogP contribution is -2.57. The number of ether oxygens (including phenoxy) is 2. The zero-order valence-electron chi connectivity index (χ0n) is 22.4. The molecule has 3 saturated heterocycles. The second kappa shape index (κ2) is 12.4. The summed E-state index contributed by atoms with van der Waals surface area (Å²) in [5, 5.41) is 13.6. The van der Waals surface area contributed by atoms with Gasteiger partial charge in [-0.3, -0.25) is 9.69 Å². The van der Waals surface area contributed by atoms with Crippen molar-refractivity contribution in [3.63, 3.8) is 0 Å². The zero-order chi connectivity index (χ0) is 27.4. The minimum Gasteiger partial charge on any atom is -0.389 e. The van der Waals surface area contributed by atoms with Gasteiger partial charge in [0.2, 0.25) is 15.9 Å². The first-order chi connectivity index (χ1) is 18.8. The lowest BCUT2D eigenvalue weighted by atomic mass is 9.96. The predicted molar refractivity (Wildman–Crippen MR) is 146 cm³/mol. The van der Waals surface area contributed by atoms with E-state index in [1.165, 1.54) is 9.87 Å². The van der Waals surface area contributed by atoms with E-state index in [-0.39, 0.29) is 49.1 Å². The van der Waals surface area contributed by atoms with Gasteiger partial charge in [0.25, 0.3) is 0 Å². The number of carbonyl (C=O) groups excluding carboxylic acids is 1. The van der Waals surface area contributed by atoms with E-state index in [0.29, 0.717) is 12.8 Å². The standard InChI is InChI=1S/C29H39N3O6S/c1-21-7-10-26(11-8-21)39(35,36)32-18-24(33)19-37-20-28-27(32)12-9-25(38-28)15-29(34)30-23-13-14-31(17-23)16-22-5-3-2-4-6-22/h2-8,10-11,23-25,27-28,33H,9,12-20H2,1H3,(H,30,34)/t23-,24-,25-,27-,28+/m1/s1. The van der Waals surface area contributed by atoms with Crippen LogP contribution in [0.25, 0.3) is 0 Å². The van der Waals surface area contributed by atoms with Crippen molar-refractivity contribution >= 4 is 15.9 Å². The normalized spacial score (nSPS) is 28.8. The Hall–Kier alpha value is -2.34. The van der Waals surface area contributed by atoms with Crippen LogP contribution in [-0.4, -0.2) is 91.9 Å². The average molecular weight is 558 g/mol. The number of aliphatic hydroxyl groups excluding tert-OH is 1. The monoisotopic (exact) mass is 557 g/mol. The number of nitrogens with one attached hydrogen (secondary N) is 1. The quantitative estimate of drug-likeness (QED) is 0.537. The number of rotatable bonds is 7. The number of benzene rings is 2. The summed E-state index contributed by atoms with van der Waals surface area (Å²) < 4.78 is 40.5. The highest BCUT2D eigenvalue weighted by atomic mass is 32.2. The summed E-state index contributed by atoms with van der Waals surface area (Å²) >= 11 is 0. The van der Waals surface area contributed by atoms with E-state index in [9.17, 15) is 18.3 Å². The number of sulfonamides is 1. The summed E-state index contributed by atoms with van der Waals surface area (Å²) in [5.74, 6) is -0.0451. The van der Waals surface area contributed by atoms with Gasteiger partial charge in [0.15, 0.2) is 0 Å². The molecule has 3 fully saturated rings. The Kier molecular flexibility index (Phi) is 9.00. The van der Waals surface area contributed by atoms with Gasteiger partial charge in [-0.25, -0.2) is 8.42 Å². The van der Waals surface area contributed by atoms with Gasteiger partial charge >= 0.3 is 0 Å². The Balaban J connectivity index is 1.18. The number of nitrogens with zero attached hydrogens (tertiary/aromatic N) is 2. The Morgan fingerprint density at radius 3 is 2.56 bits per heavy atom. The van der Waals surface area contributed by atoms with Crippen molar-refractivity contribution in [2.45, 2.75) is 74.4 Å². The van der Waals surface area contributed by atoms with E-state index in [1.54, 1.807) is 24.3 Å². The van der Waals surface area contributed by atoms with Gasteiger partial charge in [-0.05, 0) is 43.9 Å². The molecule has 0 saturated carbocycles. The van der Waals surface area contributed by atoms with E-state index in [2.05, 4.69) is 22.3 Å². The summed E-state index contributed by atoms with van der Waals surface area (Å²) in [5.41, 5.74) is 2.23. The molecule has 0 radical (unpaired) electrons. The van der Waals surface area contributed by atoms with Gasteiger partial charge in [0, 0.05) is 32.2 Å². The van der Waals surface area contributed by atoms with Crippen molar-refractivity contribution in [2.24, 2.45) is 0 Å². The first-order valence-corrected chi connectivity index (χ1v) is 15.3. The minimum atomic E-state index is -3.85. The minimum absolute atomic E-state index is 0.0266. The first-order valence-electron chi connectivity index (χ1n) is 13.8. The third-order valence-electron chi connectivity index (χ3n) is 7.86. The second-order valence-corrected chi connectivity index (χ2v) is 12.9. The van der Waals surface area contributed by atoms with Gasteiger partial charge in [-0.1, -0.05) is 48.0 Å². The van der Waals surface area contributed by atoms with Gasteiger partial charge in [-0.15, -0.1) is 0 Å². The molecule has 9 nitrogen and oxygen atoms in total. The predicted octanol–water partition coefficient (Wildman–Crippen LogP) is 2.07. The number of β-amino-alcohol motifs (C(OH)–C–C–N with tert-alkyl or cyclic N) is 1. The Morgan fingerprint density at radius 1 is 1.03 bits per heavy atom. The van der Waals surface area contributed by atoms with Crippen LogP contribution in [0.5, 0.6) is 0 Å². The lowest BCUT2D eigenvalue weighted by molar-refractivity contribution is -0.146. The molecule has 2 N–H and O–H groups in total. The van der Waals surface area contributed by atoms with E-state index < -0.39 is 28.3 Å². The van der Waals surface area contributed by atoms with Crippen molar-refractivity contribution in [1.29, 1.82) is 0 Å². The summed E-state index contributed by atoms with van der Waals surface area (Å²) in [6, 6.07) is 16.7. The number of carbonyl (C=O) groups is 1. The molecule has 0 unspecified atom stereocenters. The van der Waals surface area contributed by atoms with Gasteiger partial charge in [0.05, 0.1) is 48.9 Å². The first kappa shape index (κ1) is 28.2. The van der Waals surface area contributed by atoms with E-state index >= 15 is 0 Å². The van der Waals surface area contributed by atoms with Crippen molar-refractivity contribution in [2.75, 3.05) is 32.8 Å². The fourth-order valence-corrected chi connectivity index (χ4v) is 7.56. The Morgan fingerprint density at radius 2 is 1.79 bits per heavy atom. The maximum absolute atomic E-state index is 13.6. The van der Waals surface area contributed by atoms with Crippen LogP contribution in [0.1, 0.15) is 36.8 Å². The highest BCUT2D eigenvalue weighted by Crippen LogP contribution is 2.31. The fourth-order valence-electron chi connectivity index (χ4n) is 5.85. The molecule has 5 rings (SSSR count). The molecule has 2 aromatic rings. The smallest absolute Gasteiger partial charge is 0.243 e. The molecular formula is C29H39N3O6S. The summed E-state index contributed by atoms with van der Waals surface area (Å²) in [7, 11) is -3.85.